The number of carboxylic acid groups (broad SMARTS) is 1. The van der Waals surface area contributed by atoms with Crippen molar-refractivity contribution < 1.29 is 42.1 Å². The number of phenols is 2. The van der Waals surface area contributed by atoms with Crippen LogP contribution >= 0.6 is 11.8 Å². The Morgan fingerprint density at radius 1 is 0.791 bits per heavy atom. The first-order chi connectivity index (χ1) is 20.4. The van der Waals surface area contributed by atoms with Crippen LogP contribution in [0, 0.1) is 5.92 Å². The molecule has 0 fully saturated rings. The van der Waals surface area contributed by atoms with Crippen LogP contribution in [0.5, 0.6) is 11.5 Å². The summed E-state index contributed by atoms with van der Waals surface area (Å²) < 4.78 is 62.6. The maximum atomic E-state index is 13.0. The van der Waals surface area contributed by atoms with E-state index in [1.54, 1.807) is 30.0 Å². The van der Waals surface area contributed by atoms with Gasteiger partial charge < -0.3 is 15.3 Å². The lowest BCUT2D eigenvalue weighted by Crippen LogP contribution is -2.36. The predicted octanol–water partition coefficient (Wildman–Crippen LogP) is 10.4. The van der Waals surface area contributed by atoms with Crippen LogP contribution in [0.4, 0.5) is 22.0 Å². The Morgan fingerprint density at radius 3 is 1.95 bits per heavy atom. The van der Waals surface area contributed by atoms with E-state index in [1.165, 1.54) is 11.1 Å². The number of hydrogen-bond acceptors (Lipinski definition) is 4. The quantitative estimate of drug-likeness (QED) is 0.113. The smallest absolute Gasteiger partial charge is 0.453 e. The third-order valence-electron chi connectivity index (χ3n) is 8.50. The van der Waals surface area contributed by atoms with Crippen molar-refractivity contribution in [1.29, 1.82) is 0 Å². The van der Waals surface area contributed by atoms with Crippen molar-refractivity contribution >= 4 is 17.7 Å². The molecule has 3 rings (SSSR count). The molecule has 43 heavy (non-hydrogen) atoms. The third kappa shape index (κ3) is 10.9. The highest BCUT2D eigenvalue weighted by Gasteiger charge is 2.56. The van der Waals surface area contributed by atoms with E-state index in [1.807, 2.05) is 24.3 Å². The van der Waals surface area contributed by atoms with E-state index in [9.17, 15) is 42.1 Å². The molecule has 3 unspecified atom stereocenters. The number of benzene rings is 2. The number of unbranched alkanes of at least 4 members (excludes halogenated alkanes) is 8. The molecule has 0 bridgehead atoms. The van der Waals surface area contributed by atoms with Gasteiger partial charge in [0.1, 0.15) is 11.5 Å². The molecule has 0 saturated heterocycles. The van der Waals surface area contributed by atoms with E-state index in [0.717, 1.165) is 55.6 Å². The van der Waals surface area contributed by atoms with Crippen LogP contribution in [-0.2, 0) is 4.79 Å². The summed E-state index contributed by atoms with van der Waals surface area (Å²) in [6.45, 7) is 0. The van der Waals surface area contributed by atoms with Crippen LogP contribution < -0.4 is 0 Å². The van der Waals surface area contributed by atoms with Gasteiger partial charge in [0.2, 0.25) is 0 Å². The van der Waals surface area contributed by atoms with Gasteiger partial charge in [0.25, 0.3) is 0 Å². The van der Waals surface area contributed by atoms with Gasteiger partial charge in [0, 0.05) is 23.0 Å². The van der Waals surface area contributed by atoms with Crippen molar-refractivity contribution in [1.82, 2.24) is 0 Å². The highest BCUT2D eigenvalue weighted by atomic mass is 32.2. The Balaban J connectivity index is 1.34. The van der Waals surface area contributed by atoms with Gasteiger partial charge >= 0.3 is 18.1 Å². The number of fused-ring (bicyclic) bond motifs is 1. The highest BCUT2D eigenvalue weighted by Crippen LogP contribution is 2.49. The molecule has 1 aliphatic heterocycles. The van der Waals surface area contributed by atoms with E-state index >= 15 is 0 Å². The summed E-state index contributed by atoms with van der Waals surface area (Å²) in [5, 5.41) is 29.2. The van der Waals surface area contributed by atoms with E-state index in [4.69, 9.17) is 0 Å². The predicted molar refractivity (Wildman–Crippen MR) is 159 cm³/mol. The number of aliphatic carboxylic acids is 1. The lowest BCUT2D eigenvalue weighted by Gasteiger charge is -2.34. The SMILES string of the molecule is O=C(O)C(CCCCCCCCC1c2ccc(O)cc2SCC1c1ccc(O)cc1)CCCCCCC(F)(F)C(F)(F)F. The van der Waals surface area contributed by atoms with Crippen molar-refractivity contribution in [3.8, 4) is 11.5 Å². The number of thioether (sulfide) groups is 1. The number of halogens is 5. The molecule has 1 heterocycles. The van der Waals surface area contributed by atoms with Gasteiger partial charge in [-0.2, -0.15) is 22.0 Å². The Labute approximate surface area is 255 Å². The molecule has 1 aliphatic rings. The van der Waals surface area contributed by atoms with Gasteiger partial charge in [0.05, 0.1) is 5.92 Å². The van der Waals surface area contributed by atoms with Gasteiger partial charge in [-0.25, -0.2) is 0 Å². The van der Waals surface area contributed by atoms with E-state index in [-0.39, 0.29) is 24.3 Å². The Morgan fingerprint density at radius 2 is 1.35 bits per heavy atom. The number of alkyl halides is 5. The number of phenolic OH excluding ortho intramolecular Hbond substituents is 2. The summed E-state index contributed by atoms with van der Waals surface area (Å²) >= 11 is 1.75. The fourth-order valence-electron chi connectivity index (χ4n) is 5.96. The summed E-state index contributed by atoms with van der Waals surface area (Å²) in [6, 6.07) is 13.0. The molecule has 0 spiro atoms. The molecule has 2 aromatic carbocycles. The Kier molecular flexibility index (Phi) is 13.5. The molecular formula is C33H43F5O4S. The van der Waals surface area contributed by atoms with Crippen LogP contribution in [0.25, 0.3) is 0 Å². The molecule has 0 aliphatic carbocycles. The van der Waals surface area contributed by atoms with Crippen LogP contribution in [0.1, 0.15) is 113 Å². The second kappa shape index (κ2) is 16.5. The number of aromatic hydroxyl groups is 2. The Hall–Kier alpha value is -2.49. The molecule has 0 aromatic heterocycles. The van der Waals surface area contributed by atoms with Gasteiger partial charge in [-0.3, -0.25) is 4.79 Å². The second-order valence-electron chi connectivity index (χ2n) is 11.7. The molecule has 240 valence electrons. The molecule has 3 atom stereocenters. The summed E-state index contributed by atoms with van der Waals surface area (Å²) in [4.78, 5) is 12.7. The van der Waals surface area contributed by atoms with Crippen molar-refractivity contribution in [2.45, 2.75) is 119 Å². The average Bonchev–Trinajstić information content (AvgIpc) is 2.94. The zero-order chi connectivity index (χ0) is 31.5. The number of rotatable bonds is 18. The normalized spacial score (nSPS) is 17.9. The minimum atomic E-state index is -5.52. The molecule has 2 aromatic rings. The van der Waals surface area contributed by atoms with Crippen molar-refractivity contribution in [2.24, 2.45) is 5.92 Å². The molecule has 3 N–H and O–H groups in total. The van der Waals surface area contributed by atoms with E-state index < -0.39 is 30.4 Å². The number of hydrogen-bond donors (Lipinski definition) is 3. The first-order valence-corrected chi connectivity index (χ1v) is 16.3. The average molecular weight is 631 g/mol. The molecule has 10 heteroatoms. The summed E-state index contributed by atoms with van der Waals surface area (Å²) in [5.41, 5.74) is 2.45. The van der Waals surface area contributed by atoms with Crippen molar-refractivity contribution in [2.75, 3.05) is 5.75 Å². The van der Waals surface area contributed by atoms with Gasteiger partial charge in [-0.1, -0.05) is 76.0 Å². The third-order valence-corrected chi connectivity index (χ3v) is 9.69. The maximum absolute atomic E-state index is 13.0. The minimum absolute atomic E-state index is 0.224. The van der Waals surface area contributed by atoms with Gasteiger partial charge in [0.15, 0.2) is 0 Å². The number of carbonyl (C=O) groups is 1. The first kappa shape index (κ1) is 35.0. The maximum Gasteiger partial charge on any atom is 0.453 e. The van der Waals surface area contributed by atoms with Crippen molar-refractivity contribution in [3.05, 3.63) is 53.6 Å². The summed E-state index contributed by atoms with van der Waals surface area (Å²) in [6.07, 6.45) is 2.03. The van der Waals surface area contributed by atoms with Crippen LogP contribution in [0.15, 0.2) is 47.4 Å². The lowest BCUT2D eigenvalue weighted by atomic mass is 9.79. The van der Waals surface area contributed by atoms with Gasteiger partial charge in [-0.05, 0) is 67.0 Å². The van der Waals surface area contributed by atoms with E-state index in [2.05, 4.69) is 0 Å². The zero-order valence-corrected chi connectivity index (χ0v) is 25.2. The molecular weight excluding hydrogens is 587 g/mol. The fourth-order valence-corrected chi connectivity index (χ4v) is 7.33. The molecule has 4 nitrogen and oxygen atoms in total. The minimum Gasteiger partial charge on any atom is -0.508 e. The lowest BCUT2D eigenvalue weighted by molar-refractivity contribution is -0.284. The van der Waals surface area contributed by atoms with Crippen molar-refractivity contribution in [3.63, 3.8) is 0 Å². The topological polar surface area (TPSA) is 77.8 Å². The molecule has 0 radical (unpaired) electrons. The van der Waals surface area contributed by atoms with Crippen LogP contribution in [0.2, 0.25) is 0 Å². The zero-order valence-electron chi connectivity index (χ0n) is 24.4. The Bertz CT molecular complexity index is 1140. The van der Waals surface area contributed by atoms with E-state index in [0.29, 0.717) is 37.5 Å². The second-order valence-corrected chi connectivity index (χ2v) is 12.8. The molecule has 0 amide bonds. The fraction of sp³-hybridized carbons (Fsp3) is 0.606. The standard InChI is InChI=1S/C33H43F5O4S/c34-32(35,33(36,37)38)20-10-6-5-8-12-24(31(41)42)11-7-3-1-2-4-9-13-27-28-19-18-26(40)21-30(28)43-22-29(27)23-14-16-25(39)17-15-23/h14-19,21,24,27,29,39-40H,1-13,20,22H2,(H,41,42). The number of carboxylic acids is 1. The molecule has 0 saturated carbocycles. The van der Waals surface area contributed by atoms with Crippen LogP contribution in [0.3, 0.4) is 0 Å². The highest BCUT2D eigenvalue weighted by molar-refractivity contribution is 7.99. The summed E-state index contributed by atoms with van der Waals surface area (Å²) in [5.74, 6) is -4.01. The first-order valence-electron chi connectivity index (χ1n) is 15.3. The largest absolute Gasteiger partial charge is 0.508 e. The van der Waals surface area contributed by atoms with Gasteiger partial charge in [-0.15, -0.1) is 11.8 Å². The monoisotopic (exact) mass is 630 g/mol. The summed E-state index contributed by atoms with van der Waals surface area (Å²) in [7, 11) is 0. The van der Waals surface area contributed by atoms with Crippen LogP contribution in [-0.4, -0.2) is 39.1 Å².